The molecule has 1 aromatic heterocycles. The van der Waals surface area contributed by atoms with E-state index in [1.165, 1.54) is 12.1 Å². The van der Waals surface area contributed by atoms with Crippen molar-refractivity contribution in [1.82, 2.24) is 9.97 Å². The van der Waals surface area contributed by atoms with Crippen LogP contribution in [0.2, 0.25) is 5.02 Å². The van der Waals surface area contributed by atoms with E-state index < -0.39 is 11.7 Å². The third kappa shape index (κ3) is 3.91. The zero-order valence-electron chi connectivity index (χ0n) is 15.7. The largest absolute Gasteiger partial charge is 0.417 e. The Kier molecular flexibility index (Phi) is 5.03. The van der Waals surface area contributed by atoms with Crippen LogP contribution in [-0.4, -0.2) is 15.8 Å². The SMILES string of the molecule is Cc1cnc2ccc(C(=O)c3ccc(-c4ccc(Cl)c(C(F)(F)F)c4)cc3)cc2n1. The zero-order chi connectivity index (χ0) is 21.5. The van der Waals surface area contributed by atoms with Crippen molar-refractivity contribution in [3.05, 3.63) is 94.3 Å². The first-order valence-corrected chi connectivity index (χ1v) is 9.35. The molecule has 0 saturated heterocycles. The number of rotatable bonds is 3. The summed E-state index contributed by atoms with van der Waals surface area (Å²) in [5.41, 5.74) is 2.96. The fraction of sp³-hybridized carbons (Fsp3) is 0.0870. The normalized spacial score (nSPS) is 11.6. The predicted octanol–water partition coefficient (Wildman–Crippen LogP) is 6.51. The van der Waals surface area contributed by atoms with E-state index in [1.54, 1.807) is 48.7 Å². The Morgan fingerprint density at radius 1 is 0.867 bits per heavy atom. The molecule has 0 amide bonds. The standard InChI is InChI=1S/C23H14ClF3N2O/c1-13-12-28-20-9-7-17(11-21(20)29-13)22(30)15-4-2-14(3-5-15)16-6-8-19(24)18(10-16)23(25,26)27/h2-12H,1H3. The van der Waals surface area contributed by atoms with Gasteiger partial charge in [-0.15, -0.1) is 0 Å². The van der Waals surface area contributed by atoms with Crippen LogP contribution in [0.5, 0.6) is 0 Å². The lowest BCUT2D eigenvalue weighted by molar-refractivity contribution is -0.137. The van der Waals surface area contributed by atoms with Gasteiger partial charge in [0.05, 0.1) is 27.3 Å². The molecule has 0 fully saturated rings. The number of carbonyl (C=O) groups excluding carboxylic acids is 1. The van der Waals surface area contributed by atoms with Gasteiger partial charge in [-0.3, -0.25) is 9.78 Å². The molecule has 0 radical (unpaired) electrons. The predicted molar refractivity (Wildman–Crippen MR) is 110 cm³/mol. The molecule has 3 nitrogen and oxygen atoms in total. The molecule has 150 valence electrons. The summed E-state index contributed by atoms with van der Waals surface area (Å²) in [6, 6.07) is 15.2. The molecule has 0 aliphatic rings. The Labute approximate surface area is 175 Å². The summed E-state index contributed by atoms with van der Waals surface area (Å²) < 4.78 is 39.3. The third-order valence-corrected chi connectivity index (χ3v) is 5.01. The van der Waals surface area contributed by atoms with Crippen molar-refractivity contribution in [2.24, 2.45) is 0 Å². The number of aromatic nitrogens is 2. The first-order chi connectivity index (χ1) is 14.2. The Morgan fingerprint density at radius 3 is 2.23 bits per heavy atom. The number of benzene rings is 3. The van der Waals surface area contributed by atoms with Crippen molar-refractivity contribution in [2.45, 2.75) is 13.1 Å². The van der Waals surface area contributed by atoms with E-state index >= 15 is 0 Å². The van der Waals surface area contributed by atoms with Gasteiger partial charge in [0.1, 0.15) is 0 Å². The molecule has 0 unspecified atom stereocenters. The lowest BCUT2D eigenvalue weighted by atomic mass is 9.98. The maximum Gasteiger partial charge on any atom is 0.417 e. The van der Waals surface area contributed by atoms with Crippen LogP contribution < -0.4 is 0 Å². The van der Waals surface area contributed by atoms with Gasteiger partial charge in [-0.25, -0.2) is 4.98 Å². The molecule has 4 rings (SSSR count). The van der Waals surface area contributed by atoms with Crippen LogP contribution in [0.3, 0.4) is 0 Å². The molecule has 0 spiro atoms. The first-order valence-electron chi connectivity index (χ1n) is 8.98. The van der Waals surface area contributed by atoms with E-state index in [0.717, 1.165) is 11.8 Å². The van der Waals surface area contributed by atoms with Crippen LogP contribution in [-0.2, 0) is 6.18 Å². The van der Waals surface area contributed by atoms with E-state index in [0.29, 0.717) is 33.3 Å². The van der Waals surface area contributed by atoms with Gasteiger partial charge in [0.2, 0.25) is 0 Å². The number of aryl methyl sites for hydroxylation is 1. The second-order valence-corrected chi connectivity index (χ2v) is 7.22. The molecule has 0 bridgehead atoms. The first kappa shape index (κ1) is 20.0. The van der Waals surface area contributed by atoms with E-state index in [2.05, 4.69) is 9.97 Å². The van der Waals surface area contributed by atoms with Crippen molar-refractivity contribution >= 4 is 28.4 Å². The van der Waals surface area contributed by atoms with Gasteiger partial charge in [0, 0.05) is 17.3 Å². The molecule has 4 aromatic rings. The van der Waals surface area contributed by atoms with Gasteiger partial charge in [-0.1, -0.05) is 41.9 Å². The van der Waals surface area contributed by atoms with Crippen molar-refractivity contribution in [2.75, 3.05) is 0 Å². The van der Waals surface area contributed by atoms with Gasteiger partial charge in [0.25, 0.3) is 0 Å². The monoisotopic (exact) mass is 426 g/mol. The quantitative estimate of drug-likeness (QED) is 0.351. The third-order valence-electron chi connectivity index (χ3n) is 4.68. The Morgan fingerprint density at radius 2 is 1.53 bits per heavy atom. The molecule has 0 N–H and O–H groups in total. The molecular weight excluding hydrogens is 413 g/mol. The minimum absolute atomic E-state index is 0.209. The number of ketones is 1. The number of carbonyl (C=O) groups is 1. The minimum atomic E-state index is -4.54. The van der Waals surface area contributed by atoms with Crippen molar-refractivity contribution in [3.8, 4) is 11.1 Å². The van der Waals surface area contributed by atoms with E-state index in [4.69, 9.17) is 11.6 Å². The Bertz CT molecular complexity index is 1270. The van der Waals surface area contributed by atoms with Gasteiger partial charge in [-0.05, 0) is 48.4 Å². The fourth-order valence-corrected chi connectivity index (χ4v) is 3.37. The molecule has 3 aromatic carbocycles. The van der Waals surface area contributed by atoms with Crippen molar-refractivity contribution in [3.63, 3.8) is 0 Å². The molecule has 0 saturated carbocycles. The number of hydrogen-bond donors (Lipinski definition) is 0. The fourth-order valence-electron chi connectivity index (χ4n) is 3.15. The minimum Gasteiger partial charge on any atom is -0.289 e. The number of hydrogen-bond acceptors (Lipinski definition) is 3. The van der Waals surface area contributed by atoms with Gasteiger partial charge < -0.3 is 0 Å². The van der Waals surface area contributed by atoms with Crippen LogP contribution in [0.15, 0.2) is 66.9 Å². The highest BCUT2D eigenvalue weighted by Crippen LogP contribution is 2.37. The molecule has 30 heavy (non-hydrogen) atoms. The van der Waals surface area contributed by atoms with Crippen LogP contribution >= 0.6 is 11.6 Å². The van der Waals surface area contributed by atoms with Crippen molar-refractivity contribution < 1.29 is 18.0 Å². The molecule has 0 aliphatic carbocycles. The highest BCUT2D eigenvalue weighted by atomic mass is 35.5. The smallest absolute Gasteiger partial charge is 0.289 e. The summed E-state index contributed by atoms with van der Waals surface area (Å²) in [4.78, 5) is 21.5. The van der Waals surface area contributed by atoms with E-state index in [-0.39, 0.29) is 10.8 Å². The molecule has 0 atom stereocenters. The maximum absolute atomic E-state index is 13.1. The maximum atomic E-state index is 13.1. The topological polar surface area (TPSA) is 42.9 Å². The van der Waals surface area contributed by atoms with Gasteiger partial charge in [-0.2, -0.15) is 13.2 Å². The second kappa shape index (κ2) is 7.54. The Hall–Kier alpha value is -3.25. The van der Waals surface area contributed by atoms with Crippen LogP contribution in [0.1, 0.15) is 27.2 Å². The molecule has 0 aliphatic heterocycles. The van der Waals surface area contributed by atoms with E-state index in [9.17, 15) is 18.0 Å². The average molecular weight is 427 g/mol. The van der Waals surface area contributed by atoms with Crippen molar-refractivity contribution in [1.29, 1.82) is 0 Å². The van der Waals surface area contributed by atoms with Crippen LogP contribution in [0, 0.1) is 6.92 Å². The molecular formula is C23H14ClF3N2O. The average Bonchev–Trinajstić information content (AvgIpc) is 2.72. The van der Waals surface area contributed by atoms with Crippen LogP contribution in [0.4, 0.5) is 13.2 Å². The van der Waals surface area contributed by atoms with Gasteiger partial charge in [0.15, 0.2) is 5.78 Å². The van der Waals surface area contributed by atoms with Crippen LogP contribution in [0.25, 0.3) is 22.2 Å². The summed E-state index contributed by atoms with van der Waals surface area (Å²) in [6.07, 6.45) is -2.89. The summed E-state index contributed by atoms with van der Waals surface area (Å²) in [7, 11) is 0. The second-order valence-electron chi connectivity index (χ2n) is 6.81. The lowest BCUT2D eigenvalue weighted by Crippen LogP contribution is -2.06. The van der Waals surface area contributed by atoms with Gasteiger partial charge >= 0.3 is 6.18 Å². The summed E-state index contributed by atoms with van der Waals surface area (Å²) in [6.45, 7) is 1.82. The highest BCUT2D eigenvalue weighted by molar-refractivity contribution is 6.31. The number of nitrogens with zero attached hydrogens (tertiary/aromatic N) is 2. The molecule has 7 heteroatoms. The number of fused-ring (bicyclic) bond motifs is 1. The highest BCUT2D eigenvalue weighted by Gasteiger charge is 2.33. The Balaban J connectivity index is 1.65. The number of alkyl halides is 3. The zero-order valence-corrected chi connectivity index (χ0v) is 16.4. The lowest BCUT2D eigenvalue weighted by Gasteiger charge is -2.11. The summed E-state index contributed by atoms with van der Waals surface area (Å²) >= 11 is 5.68. The summed E-state index contributed by atoms with van der Waals surface area (Å²) in [5, 5.41) is -0.354. The summed E-state index contributed by atoms with van der Waals surface area (Å²) in [5.74, 6) is -0.209. The number of halogens is 4. The van der Waals surface area contributed by atoms with E-state index in [1.807, 2.05) is 6.92 Å². The molecule has 1 heterocycles.